The Balaban J connectivity index is 1.31. The van der Waals surface area contributed by atoms with E-state index in [0.29, 0.717) is 28.4 Å². The third-order valence-corrected chi connectivity index (χ3v) is 6.38. The van der Waals surface area contributed by atoms with Crippen molar-refractivity contribution in [2.75, 3.05) is 43.1 Å². The molecule has 0 spiro atoms. The van der Waals surface area contributed by atoms with Crippen LogP contribution in [-0.4, -0.2) is 47.8 Å². The molecule has 8 heteroatoms. The van der Waals surface area contributed by atoms with Crippen LogP contribution in [0.4, 0.5) is 11.6 Å². The highest BCUT2D eigenvalue weighted by Gasteiger charge is 2.20. The number of methoxy groups -OCH3 is 1. The van der Waals surface area contributed by atoms with E-state index >= 15 is 0 Å². The van der Waals surface area contributed by atoms with Crippen LogP contribution >= 0.6 is 11.6 Å². The van der Waals surface area contributed by atoms with Crippen LogP contribution in [0, 0.1) is 0 Å². The monoisotopic (exact) mass is 461 g/mol. The first kappa shape index (κ1) is 21.3. The van der Waals surface area contributed by atoms with Crippen LogP contribution in [0.2, 0.25) is 5.02 Å². The summed E-state index contributed by atoms with van der Waals surface area (Å²) in [5, 5.41) is 1.15. The minimum Gasteiger partial charge on any atom is -0.497 e. The van der Waals surface area contributed by atoms with Gasteiger partial charge in [0, 0.05) is 49.3 Å². The zero-order chi connectivity index (χ0) is 22.8. The number of rotatable bonds is 5. The average molecular weight is 462 g/mol. The maximum atomic E-state index is 13.0. The number of hydrogen-bond donors (Lipinski definition) is 0. The number of fused-ring (bicyclic) bond motifs is 1. The summed E-state index contributed by atoms with van der Waals surface area (Å²) < 4.78 is 6.88. The minimum absolute atomic E-state index is 0.122. The van der Waals surface area contributed by atoms with Gasteiger partial charge in [0.2, 0.25) is 5.95 Å². The third-order valence-electron chi connectivity index (χ3n) is 6.01. The molecule has 0 atom stereocenters. The highest BCUT2D eigenvalue weighted by Crippen LogP contribution is 2.22. The summed E-state index contributed by atoms with van der Waals surface area (Å²) in [6.07, 6.45) is 3.41. The second kappa shape index (κ2) is 9.11. The fraction of sp³-hybridized carbons (Fsp3) is 0.240. The number of hydrogen-bond acceptors (Lipinski definition) is 6. The van der Waals surface area contributed by atoms with E-state index in [-0.39, 0.29) is 5.56 Å². The number of aromatic nitrogens is 3. The van der Waals surface area contributed by atoms with E-state index in [1.165, 1.54) is 5.69 Å². The fourth-order valence-corrected chi connectivity index (χ4v) is 4.30. The van der Waals surface area contributed by atoms with Crippen LogP contribution < -0.4 is 20.1 Å². The zero-order valence-corrected chi connectivity index (χ0v) is 19.1. The van der Waals surface area contributed by atoms with Gasteiger partial charge in [0.05, 0.1) is 24.6 Å². The quantitative estimate of drug-likeness (QED) is 0.450. The van der Waals surface area contributed by atoms with Gasteiger partial charge in [-0.1, -0.05) is 29.8 Å². The summed E-state index contributed by atoms with van der Waals surface area (Å²) >= 11 is 6.26. The lowest BCUT2D eigenvalue weighted by atomic mass is 10.2. The number of pyridine rings is 1. The molecule has 3 heterocycles. The normalized spacial score (nSPS) is 14.0. The molecule has 1 aliphatic heterocycles. The standard InChI is InChI=1S/C25H24ClN5O2/c1-33-20-8-6-19(7-9-20)29-12-14-30(15-13-29)25-27-16-21-23(28-25)10-11-31(24(21)32)17-18-4-2-3-5-22(18)26/h2-11,16H,12-15,17H2,1H3. The van der Waals surface area contributed by atoms with Crippen molar-refractivity contribution in [2.24, 2.45) is 0 Å². The van der Waals surface area contributed by atoms with Crippen molar-refractivity contribution in [1.82, 2.24) is 14.5 Å². The Morgan fingerprint density at radius 1 is 0.970 bits per heavy atom. The van der Waals surface area contributed by atoms with Crippen LogP contribution in [0.3, 0.4) is 0 Å². The van der Waals surface area contributed by atoms with Crippen LogP contribution in [0.5, 0.6) is 5.75 Å². The van der Waals surface area contributed by atoms with Crippen LogP contribution in [-0.2, 0) is 6.54 Å². The number of halogens is 1. The maximum absolute atomic E-state index is 13.0. The molecule has 0 amide bonds. The maximum Gasteiger partial charge on any atom is 0.261 e. The predicted molar refractivity (Wildman–Crippen MR) is 132 cm³/mol. The molecule has 5 rings (SSSR count). The number of anilines is 2. The predicted octanol–water partition coefficient (Wildman–Crippen LogP) is 3.83. The van der Waals surface area contributed by atoms with Crippen molar-refractivity contribution in [1.29, 1.82) is 0 Å². The molecule has 1 fully saturated rings. The van der Waals surface area contributed by atoms with Crippen LogP contribution in [0.1, 0.15) is 5.56 Å². The van der Waals surface area contributed by atoms with Crippen molar-refractivity contribution in [2.45, 2.75) is 6.54 Å². The Kier molecular flexibility index (Phi) is 5.88. The molecule has 1 saturated heterocycles. The molecule has 0 aliphatic carbocycles. The topological polar surface area (TPSA) is 63.5 Å². The molecule has 2 aromatic heterocycles. The molecule has 0 unspecified atom stereocenters. The molecule has 4 aromatic rings. The molecule has 0 bridgehead atoms. The van der Waals surface area contributed by atoms with Gasteiger partial charge in [0.15, 0.2) is 0 Å². The molecular formula is C25H24ClN5O2. The molecule has 168 valence electrons. The number of piperazine rings is 1. The van der Waals surface area contributed by atoms with Crippen molar-refractivity contribution in [3.63, 3.8) is 0 Å². The van der Waals surface area contributed by atoms with Gasteiger partial charge in [-0.3, -0.25) is 4.79 Å². The molecular weight excluding hydrogens is 438 g/mol. The Morgan fingerprint density at radius 3 is 2.42 bits per heavy atom. The van der Waals surface area contributed by atoms with Gasteiger partial charge in [-0.05, 0) is 42.0 Å². The van der Waals surface area contributed by atoms with E-state index in [4.69, 9.17) is 16.3 Å². The smallest absolute Gasteiger partial charge is 0.261 e. The lowest BCUT2D eigenvalue weighted by Crippen LogP contribution is -2.47. The summed E-state index contributed by atoms with van der Waals surface area (Å²) in [5.74, 6) is 1.51. The minimum atomic E-state index is -0.122. The summed E-state index contributed by atoms with van der Waals surface area (Å²) in [7, 11) is 1.67. The van der Waals surface area contributed by atoms with E-state index in [2.05, 4.69) is 31.9 Å². The van der Waals surface area contributed by atoms with Gasteiger partial charge in [0.25, 0.3) is 5.56 Å². The molecule has 0 radical (unpaired) electrons. The van der Waals surface area contributed by atoms with Crippen LogP contribution in [0.25, 0.3) is 10.9 Å². The summed E-state index contributed by atoms with van der Waals surface area (Å²) in [5.41, 5.74) is 2.60. The molecule has 0 N–H and O–H groups in total. The first-order valence-corrected chi connectivity index (χ1v) is 11.2. The fourth-order valence-electron chi connectivity index (χ4n) is 4.10. The van der Waals surface area contributed by atoms with E-state index in [0.717, 1.165) is 37.5 Å². The Morgan fingerprint density at radius 2 is 1.70 bits per heavy atom. The summed E-state index contributed by atoms with van der Waals surface area (Å²) in [6.45, 7) is 3.76. The van der Waals surface area contributed by atoms with Gasteiger partial charge in [-0.25, -0.2) is 9.97 Å². The Hall–Kier alpha value is -3.58. The average Bonchev–Trinajstić information content (AvgIpc) is 2.87. The first-order chi connectivity index (χ1) is 16.1. The summed E-state index contributed by atoms with van der Waals surface area (Å²) in [6, 6.07) is 17.5. The number of ether oxygens (including phenoxy) is 1. The van der Waals surface area contributed by atoms with Crippen molar-refractivity contribution in [3.05, 3.63) is 87.9 Å². The Labute approximate surface area is 196 Å². The molecule has 33 heavy (non-hydrogen) atoms. The first-order valence-electron chi connectivity index (χ1n) is 10.9. The van der Waals surface area contributed by atoms with E-state index in [9.17, 15) is 4.79 Å². The summed E-state index contributed by atoms with van der Waals surface area (Å²) in [4.78, 5) is 26.7. The third kappa shape index (κ3) is 4.36. The second-order valence-electron chi connectivity index (χ2n) is 7.98. The molecule has 0 saturated carbocycles. The molecule has 1 aliphatic rings. The van der Waals surface area contributed by atoms with Gasteiger partial charge in [-0.15, -0.1) is 0 Å². The highest BCUT2D eigenvalue weighted by atomic mass is 35.5. The van der Waals surface area contributed by atoms with Crippen LogP contribution in [0.15, 0.2) is 71.8 Å². The lowest BCUT2D eigenvalue weighted by Gasteiger charge is -2.36. The van der Waals surface area contributed by atoms with Crippen molar-refractivity contribution >= 4 is 34.1 Å². The van der Waals surface area contributed by atoms with Crippen molar-refractivity contribution < 1.29 is 4.74 Å². The SMILES string of the molecule is COc1ccc(N2CCN(c3ncc4c(=O)n(Cc5ccccc5Cl)ccc4n3)CC2)cc1. The van der Waals surface area contributed by atoms with E-state index < -0.39 is 0 Å². The van der Waals surface area contributed by atoms with Gasteiger partial charge >= 0.3 is 0 Å². The van der Waals surface area contributed by atoms with E-state index in [1.807, 2.05) is 42.5 Å². The van der Waals surface area contributed by atoms with Gasteiger partial charge in [-0.2, -0.15) is 0 Å². The lowest BCUT2D eigenvalue weighted by molar-refractivity contribution is 0.415. The molecule has 7 nitrogen and oxygen atoms in total. The number of nitrogens with zero attached hydrogens (tertiary/aromatic N) is 5. The highest BCUT2D eigenvalue weighted by molar-refractivity contribution is 6.31. The largest absolute Gasteiger partial charge is 0.497 e. The number of benzene rings is 2. The van der Waals surface area contributed by atoms with Crippen molar-refractivity contribution in [3.8, 4) is 5.75 Å². The Bertz CT molecular complexity index is 1330. The molecule has 2 aromatic carbocycles. The second-order valence-corrected chi connectivity index (χ2v) is 8.39. The van der Waals surface area contributed by atoms with Gasteiger partial charge < -0.3 is 19.1 Å². The van der Waals surface area contributed by atoms with Gasteiger partial charge in [0.1, 0.15) is 5.75 Å². The zero-order valence-electron chi connectivity index (χ0n) is 18.3. The van der Waals surface area contributed by atoms with E-state index in [1.54, 1.807) is 24.1 Å².